The second kappa shape index (κ2) is 8.47. The number of hydrogen-bond donors (Lipinski definition) is 2. The third kappa shape index (κ3) is 3.94. The van der Waals surface area contributed by atoms with E-state index in [2.05, 4.69) is 39.9 Å². The number of carbonyl (C=O) groups is 1. The number of rotatable bonds is 6. The molecule has 0 saturated heterocycles. The molecule has 0 aliphatic rings. The summed E-state index contributed by atoms with van der Waals surface area (Å²) in [5, 5.41) is 3.80. The topological polar surface area (TPSA) is 95.1 Å². The molecule has 2 aromatic heterocycles. The van der Waals surface area contributed by atoms with E-state index in [-0.39, 0.29) is 11.9 Å². The highest BCUT2D eigenvalue weighted by Crippen LogP contribution is 2.34. The summed E-state index contributed by atoms with van der Waals surface area (Å²) in [5.74, 6) is 0.843. The average Bonchev–Trinajstić information content (AvgIpc) is 3.19. The van der Waals surface area contributed by atoms with Crippen molar-refractivity contribution in [1.82, 2.24) is 19.9 Å². The van der Waals surface area contributed by atoms with Gasteiger partial charge in [-0.3, -0.25) is 4.79 Å². The number of benzene rings is 2. The van der Waals surface area contributed by atoms with E-state index in [4.69, 9.17) is 10.5 Å². The molecule has 4 rings (SSSR count). The SMILES string of the molecule is COc1ccccc1C(=O)NCc1ccc(-c2cn(C(C)C)c3ncnc(N)c23)cc1. The molecular weight excluding hydrogens is 390 g/mol. The van der Waals surface area contributed by atoms with Crippen molar-refractivity contribution in [2.24, 2.45) is 0 Å². The molecule has 0 aliphatic heterocycles. The van der Waals surface area contributed by atoms with E-state index < -0.39 is 0 Å². The quantitative estimate of drug-likeness (QED) is 0.492. The molecule has 0 radical (unpaired) electrons. The van der Waals surface area contributed by atoms with Crippen LogP contribution in [0.15, 0.2) is 61.1 Å². The largest absolute Gasteiger partial charge is 0.496 e. The van der Waals surface area contributed by atoms with Crippen LogP contribution in [0, 0.1) is 0 Å². The van der Waals surface area contributed by atoms with Crippen molar-refractivity contribution in [3.05, 3.63) is 72.2 Å². The number of nitrogens with one attached hydrogen (secondary N) is 1. The molecule has 0 fully saturated rings. The lowest BCUT2D eigenvalue weighted by Gasteiger charge is -2.09. The van der Waals surface area contributed by atoms with E-state index in [0.717, 1.165) is 27.7 Å². The number of aromatic nitrogens is 3. The van der Waals surface area contributed by atoms with Gasteiger partial charge in [0.2, 0.25) is 0 Å². The van der Waals surface area contributed by atoms with Gasteiger partial charge in [-0.2, -0.15) is 0 Å². The number of methoxy groups -OCH3 is 1. The standard InChI is InChI=1S/C24H25N5O2/c1-15(2)29-13-19(21-22(25)27-14-28-23(21)29)17-10-8-16(9-11-17)12-26-24(30)18-6-4-5-7-20(18)31-3/h4-11,13-15H,12H2,1-3H3,(H,26,30)(H2,25,27,28). The average molecular weight is 415 g/mol. The minimum Gasteiger partial charge on any atom is -0.496 e. The number of para-hydroxylation sites is 1. The molecule has 2 heterocycles. The summed E-state index contributed by atoms with van der Waals surface area (Å²) in [7, 11) is 1.55. The zero-order valence-electron chi connectivity index (χ0n) is 17.8. The monoisotopic (exact) mass is 415 g/mol. The van der Waals surface area contributed by atoms with Gasteiger partial charge in [0.25, 0.3) is 5.91 Å². The van der Waals surface area contributed by atoms with Crippen LogP contribution in [-0.2, 0) is 6.54 Å². The Labute approximate surface area is 180 Å². The third-order valence-corrected chi connectivity index (χ3v) is 5.26. The summed E-state index contributed by atoms with van der Waals surface area (Å²) in [4.78, 5) is 21.1. The Morgan fingerprint density at radius 3 is 2.58 bits per heavy atom. The lowest BCUT2D eigenvalue weighted by Crippen LogP contribution is -2.23. The first-order valence-electron chi connectivity index (χ1n) is 10.1. The zero-order valence-corrected chi connectivity index (χ0v) is 17.8. The van der Waals surface area contributed by atoms with E-state index in [1.165, 1.54) is 6.33 Å². The molecule has 0 bridgehead atoms. The summed E-state index contributed by atoms with van der Waals surface area (Å²) >= 11 is 0. The summed E-state index contributed by atoms with van der Waals surface area (Å²) in [6.45, 7) is 4.63. The Hall–Kier alpha value is -3.87. The molecule has 2 aromatic carbocycles. The molecule has 7 heteroatoms. The van der Waals surface area contributed by atoms with Crippen LogP contribution in [0.1, 0.15) is 35.8 Å². The highest BCUT2D eigenvalue weighted by atomic mass is 16.5. The molecule has 0 spiro atoms. The first-order chi connectivity index (χ1) is 15.0. The van der Waals surface area contributed by atoms with Crippen LogP contribution >= 0.6 is 0 Å². The fourth-order valence-electron chi connectivity index (χ4n) is 3.63. The Balaban J connectivity index is 1.56. The van der Waals surface area contributed by atoms with Crippen molar-refractivity contribution in [2.75, 3.05) is 12.8 Å². The number of ether oxygens (including phenoxy) is 1. The maximum atomic E-state index is 12.5. The second-order valence-corrected chi connectivity index (χ2v) is 7.58. The van der Waals surface area contributed by atoms with E-state index >= 15 is 0 Å². The molecule has 0 atom stereocenters. The molecule has 0 unspecified atom stereocenters. The van der Waals surface area contributed by atoms with E-state index in [9.17, 15) is 4.79 Å². The van der Waals surface area contributed by atoms with Crippen LogP contribution in [-0.4, -0.2) is 27.6 Å². The first kappa shape index (κ1) is 20.4. The molecule has 4 aromatic rings. The third-order valence-electron chi connectivity index (χ3n) is 5.26. The Kier molecular flexibility index (Phi) is 5.58. The summed E-state index contributed by atoms with van der Waals surface area (Å²) in [6.07, 6.45) is 3.56. The number of anilines is 1. The number of amides is 1. The predicted octanol–water partition coefficient (Wildman–Crippen LogP) is 4.20. The number of carbonyl (C=O) groups excluding carboxylic acids is 1. The van der Waals surface area contributed by atoms with Gasteiger partial charge in [-0.05, 0) is 37.1 Å². The fraction of sp³-hybridized carbons (Fsp3) is 0.208. The molecule has 0 saturated carbocycles. The number of hydrogen-bond acceptors (Lipinski definition) is 5. The van der Waals surface area contributed by atoms with Gasteiger partial charge in [-0.15, -0.1) is 0 Å². The summed E-state index contributed by atoms with van der Waals surface area (Å²) in [5.41, 5.74) is 10.5. The van der Waals surface area contributed by atoms with E-state index in [0.29, 0.717) is 23.7 Å². The van der Waals surface area contributed by atoms with Crippen LogP contribution < -0.4 is 15.8 Å². The van der Waals surface area contributed by atoms with Crippen molar-refractivity contribution >= 4 is 22.8 Å². The van der Waals surface area contributed by atoms with Crippen molar-refractivity contribution in [1.29, 1.82) is 0 Å². The van der Waals surface area contributed by atoms with Crippen LogP contribution in [0.4, 0.5) is 5.82 Å². The van der Waals surface area contributed by atoms with Crippen LogP contribution in [0.3, 0.4) is 0 Å². The van der Waals surface area contributed by atoms with Crippen LogP contribution in [0.5, 0.6) is 5.75 Å². The maximum absolute atomic E-state index is 12.5. The van der Waals surface area contributed by atoms with Gasteiger partial charge < -0.3 is 20.4 Å². The molecule has 3 N–H and O–H groups in total. The van der Waals surface area contributed by atoms with Crippen LogP contribution in [0.2, 0.25) is 0 Å². The number of fused-ring (bicyclic) bond motifs is 1. The number of nitrogens with two attached hydrogens (primary N) is 1. The number of nitrogen functional groups attached to an aromatic ring is 1. The Bertz CT molecular complexity index is 1230. The van der Waals surface area contributed by atoms with Gasteiger partial charge in [-0.1, -0.05) is 36.4 Å². The smallest absolute Gasteiger partial charge is 0.255 e. The van der Waals surface area contributed by atoms with Gasteiger partial charge >= 0.3 is 0 Å². The van der Waals surface area contributed by atoms with E-state index in [1.807, 2.05) is 36.4 Å². The second-order valence-electron chi connectivity index (χ2n) is 7.58. The van der Waals surface area contributed by atoms with Crippen molar-refractivity contribution in [2.45, 2.75) is 26.4 Å². The maximum Gasteiger partial charge on any atom is 0.255 e. The van der Waals surface area contributed by atoms with Crippen LogP contribution in [0.25, 0.3) is 22.2 Å². The molecule has 7 nitrogen and oxygen atoms in total. The zero-order chi connectivity index (χ0) is 22.0. The lowest BCUT2D eigenvalue weighted by molar-refractivity contribution is 0.0948. The van der Waals surface area contributed by atoms with Gasteiger partial charge in [0.15, 0.2) is 0 Å². The molecule has 0 aliphatic carbocycles. The highest BCUT2D eigenvalue weighted by Gasteiger charge is 2.16. The number of nitrogens with zero attached hydrogens (tertiary/aromatic N) is 3. The Morgan fingerprint density at radius 2 is 1.87 bits per heavy atom. The fourth-order valence-corrected chi connectivity index (χ4v) is 3.63. The van der Waals surface area contributed by atoms with E-state index in [1.54, 1.807) is 19.2 Å². The summed E-state index contributed by atoms with van der Waals surface area (Å²) < 4.78 is 7.36. The molecule has 158 valence electrons. The predicted molar refractivity (Wildman–Crippen MR) is 122 cm³/mol. The van der Waals surface area contributed by atoms with Gasteiger partial charge in [0.05, 0.1) is 18.1 Å². The summed E-state index contributed by atoms with van der Waals surface area (Å²) in [6, 6.07) is 15.5. The molecule has 31 heavy (non-hydrogen) atoms. The molecular formula is C24H25N5O2. The Morgan fingerprint density at radius 1 is 1.13 bits per heavy atom. The lowest BCUT2D eigenvalue weighted by atomic mass is 10.0. The highest BCUT2D eigenvalue weighted by molar-refractivity contribution is 6.00. The van der Waals surface area contributed by atoms with Crippen molar-refractivity contribution < 1.29 is 9.53 Å². The van der Waals surface area contributed by atoms with Gasteiger partial charge in [0.1, 0.15) is 23.5 Å². The molecule has 1 amide bonds. The minimum atomic E-state index is -0.175. The first-order valence-corrected chi connectivity index (χ1v) is 10.1. The van der Waals surface area contributed by atoms with Gasteiger partial charge in [-0.25, -0.2) is 9.97 Å². The van der Waals surface area contributed by atoms with Crippen molar-refractivity contribution in [3.8, 4) is 16.9 Å². The van der Waals surface area contributed by atoms with Crippen molar-refractivity contribution in [3.63, 3.8) is 0 Å². The normalized spacial score (nSPS) is 11.1. The minimum absolute atomic E-state index is 0.175. The van der Waals surface area contributed by atoms with Gasteiger partial charge in [0, 0.05) is 24.3 Å².